The van der Waals surface area contributed by atoms with Gasteiger partial charge in [0.05, 0.1) is 17.7 Å². The highest BCUT2D eigenvalue weighted by Gasteiger charge is 2.33. The molecule has 1 atom stereocenters. The van der Waals surface area contributed by atoms with Gasteiger partial charge in [-0.2, -0.15) is 0 Å². The zero-order chi connectivity index (χ0) is 15.9. The van der Waals surface area contributed by atoms with Crippen LogP contribution in [-0.2, 0) is 14.2 Å². The second-order valence-electron chi connectivity index (χ2n) is 6.45. The van der Waals surface area contributed by atoms with Crippen molar-refractivity contribution in [2.75, 3.05) is 46.6 Å². The fourth-order valence-corrected chi connectivity index (χ4v) is 2.99. The van der Waals surface area contributed by atoms with Crippen molar-refractivity contribution in [1.29, 1.82) is 0 Å². The van der Waals surface area contributed by atoms with Gasteiger partial charge in [-0.3, -0.25) is 4.99 Å². The van der Waals surface area contributed by atoms with Crippen LogP contribution in [0, 0.1) is 0 Å². The first-order valence-corrected chi connectivity index (χ1v) is 8.40. The third-order valence-electron chi connectivity index (χ3n) is 4.63. The fraction of sp³-hybridized carbons (Fsp3) is 0.938. The van der Waals surface area contributed by atoms with Crippen LogP contribution in [0.2, 0.25) is 0 Å². The van der Waals surface area contributed by atoms with Crippen molar-refractivity contribution in [1.82, 2.24) is 10.6 Å². The summed E-state index contributed by atoms with van der Waals surface area (Å²) in [5, 5.41) is 6.73. The minimum atomic E-state index is -0.151. The van der Waals surface area contributed by atoms with Crippen LogP contribution in [0.25, 0.3) is 0 Å². The van der Waals surface area contributed by atoms with Crippen molar-refractivity contribution in [2.45, 2.75) is 50.7 Å². The van der Waals surface area contributed by atoms with Crippen LogP contribution in [-0.4, -0.2) is 63.7 Å². The molecule has 2 N–H and O–H groups in total. The maximum absolute atomic E-state index is 5.80. The third-order valence-corrected chi connectivity index (χ3v) is 4.63. The molecule has 2 aliphatic rings. The molecule has 0 radical (unpaired) electrons. The maximum Gasteiger partial charge on any atom is 0.191 e. The fourth-order valence-electron chi connectivity index (χ4n) is 2.99. The Morgan fingerprint density at radius 2 is 1.95 bits per heavy atom. The van der Waals surface area contributed by atoms with Gasteiger partial charge in [0, 0.05) is 52.9 Å². The van der Waals surface area contributed by atoms with E-state index in [4.69, 9.17) is 19.2 Å². The van der Waals surface area contributed by atoms with Crippen molar-refractivity contribution >= 4 is 5.96 Å². The van der Waals surface area contributed by atoms with E-state index in [0.29, 0.717) is 6.54 Å². The van der Waals surface area contributed by atoms with E-state index in [9.17, 15) is 0 Å². The maximum atomic E-state index is 5.80. The average Bonchev–Trinajstić information content (AvgIpc) is 2.98. The highest BCUT2D eigenvalue weighted by atomic mass is 16.5. The van der Waals surface area contributed by atoms with Crippen LogP contribution < -0.4 is 10.6 Å². The Morgan fingerprint density at radius 1 is 1.18 bits per heavy atom. The Morgan fingerprint density at radius 3 is 2.55 bits per heavy atom. The first kappa shape index (κ1) is 17.5. The van der Waals surface area contributed by atoms with Crippen LogP contribution in [0.5, 0.6) is 0 Å². The number of rotatable bonds is 6. The standard InChI is InChI=1S/C16H31N3O3/c1-4-17-14(18-12-15(2)6-5-9-22-15)19-13-16(20-3)7-10-21-11-8-16/h4-13H2,1-3H3,(H2,17,18,19). The molecule has 128 valence electrons. The van der Waals surface area contributed by atoms with E-state index in [-0.39, 0.29) is 11.2 Å². The summed E-state index contributed by atoms with van der Waals surface area (Å²) in [7, 11) is 1.78. The minimum absolute atomic E-state index is 0.111. The zero-order valence-electron chi connectivity index (χ0n) is 14.2. The molecule has 0 bridgehead atoms. The first-order chi connectivity index (χ1) is 10.6. The summed E-state index contributed by atoms with van der Waals surface area (Å²) in [6.45, 7) is 8.86. The molecule has 0 aliphatic carbocycles. The normalized spacial score (nSPS) is 28.6. The quantitative estimate of drug-likeness (QED) is 0.572. The van der Waals surface area contributed by atoms with Crippen LogP contribution in [0.1, 0.15) is 39.5 Å². The number of guanidine groups is 1. The van der Waals surface area contributed by atoms with E-state index in [1.807, 2.05) is 0 Å². The molecule has 0 aromatic heterocycles. The number of nitrogens with one attached hydrogen (secondary N) is 2. The van der Waals surface area contributed by atoms with Gasteiger partial charge in [0.25, 0.3) is 0 Å². The molecule has 6 heteroatoms. The van der Waals surface area contributed by atoms with Crippen LogP contribution >= 0.6 is 0 Å². The van der Waals surface area contributed by atoms with Crippen molar-refractivity contribution in [2.24, 2.45) is 4.99 Å². The summed E-state index contributed by atoms with van der Waals surface area (Å²) in [6.07, 6.45) is 4.03. The summed E-state index contributed by atoms with van der Waals surface area (Å²) in [4.78, 5) is 4.70. The third kappa shape index (κ3) is 4.83. The Balaban J connectivity index is 1.89. The number of methoxy groups -OCH3 is 1. The predicted molar refractivity (Wildman–Crippen MR) is 87.4 cm³/mol. The largest absolute Gasteiger partial charge is 0.381 e. The Kier molecular flexibility index (Phi) is 6.47. The number of nitrogens with zero attached hydrogens (tertiary/aromatic N) is 1. The van der Waals surface area contributed by atoms with Crippen molar-refractivity contribution in [3.05, 3.63) is 0 Å². The summed E-state index contributed by atoms with van der Waals surface area (Å²) in [5.74, 6) is 0.835. The molecular weight excluding hydrogens is 282 g/mol. The lowest BCUT2D eigenvalue weighted by atomic mass is 9.94. The number of ether oxygens (including phenoxy) is 3. The molecule has 0 aromatic rings. The van der Waals surface area contributed by atoms with Crippen molar-refractivity contribution in [3.8, 4) is 0 Å². The first-order valence-electron chi connectivity index (χ1n) is 8.40. The van der Waals surface area contributed by atoms with E-state index in [1.54, 1.807) is 7.11 Å². The molecule has 22 heavy (non-hydrogen) atoms. The number of hydrogen-bond donors (Lipinski definition) is 2. The van der Waals surface area contributed by atoms with Gasteiger partial charge in [-0.25, -0.2) is 0 Å². The topological polar surface area (TPSA) is 64.1 Å². The zero-order valence-corrected chi connectivity index (χ0v) is 14.2. The Bertz CT molecular complexity index is 362. The van der Waals surface area contributed by atoms with Gasteiger partial charge in [0.1, 0.15) is 0 Å². The summed E-state index contributed by atoms with van der Waals surface area (Å²) >= 11 is 0. The highest BCUT2D eigenvalue weighted by molar-refractivity contribution is 5.79. The number of aliphatic imine (C=N–C) groups is 1. The molecule has 0 amide bonds. The molecule has 1 unspecified atom stereocenters. The van der Waals surface area contributed by atoms with Gasteiger partial charge in [0.2, 0.25) is 0 Å². The second-order valence-corrected chi connectivity index (χ2v) is 6.45. The van der Waals surface area contributed by atoms with E-state index in [2.05, 4.69) is 24.5 Å². The molecule has 6 nitrogen and oxygen atoms in total. The molecule has 2 rings (SSSR count). The van der Waals surface area contributed by atoms with E-state index < -0.39 is 0 Å². The molecule has 0 saturated carbocycles. The Hall–Kier alpha value is -0.850. The van der Waals surface area contributed by atoms with Crippen molar-refractivity contribution in [3.63, 3.8) is 0 Å². The molecule has 2 saturated heterocycles. The van der Waals surface area contributed by atoms with Gasteiger partial charge in [-0.05, 0) is 26.7 Å². The summed E-state index contributed by atoms with van der Waals surface area (Å²) in [5.41, 5.74) is -0.262. The van der Waals surface area contributed by atoms with Gasteiger partial charge < -0.3 is 24.8 Å². The lowest BCUT2D eigenvalue weighted by molar-refractivity contribution is -0.0855. The number of hydrogen-bond acceptors (Lipinski definition) is 4. The van der Waals surface area contributed by atoms with E-state index >= 15 is 0 Å². The molecule has 0 spiro atoms. The van der Waals surface area contributed by atoms with Crippen LogP contribution in [0.15, 0.2) is 4.99 Å². The molecule has 0 aromatic carbocycles. The van der Waals surface area contributed by atoms with Crippen molar-refractivity contribution < 1.29 is 14.2 Å². The molecule has 2 aliphatic heterocycles. The monoisotopic (exact) mass is 313 g/mol. The SMILES string of the molecule is CCNC(=NCC1(C)CCCO1)NCC1(OC)CCOCC1. The van der Waals surface area contributed by atoms with Gasteiger partial charge in [-0.1, -0.05) is 0 Å². The minimum Gasteiger partial charge on any atom is -0.381 e. The molecule has 2 heterocycles. The van der Waals surface area contributed by atoms with E-state index in [1.165, 1.54) is 0 Å². The highest BCUT2D eigenvalue weighted by Crippen LogP contribution is 2.25. The van der Waals surface area contributed by atoms with Crippen LogP contribution in [0.4, 0.5) is 0 Å². The lowest BCUT2D eigenvalue weighted by Gasteiger charge is -2.36. The predicted octanol–water partition coefficient (Wildman–Crippen LogP) is 1.31. The molecular formula is C16H31N3O3. The average molecular weight is 313 g/mol. The Labute approximate surface area is 134 Å². The van der Waals surface area contributed by atoms with E-state index in [0.717, 1.165) is 64.6 Å². The van der Waals surface area contributed by atoms with Crippen LogP contribution in [0.3, 0.4) is 0 Å². The smallest absolute Gasteiger partial charge is 0.191 e. The second kappa shape index (κ2) is 8.13. The van der Waals surface area contributed by atoms with Gasteiger partial charge in [0.15, 0.2) is 5.96 Å². The lowest BCUT2D eigenvalue weighted by Crippen LogP contribution is -2.51. The molecule has 2 fully saturated rings. The van der Waals surface area contributed by atoms with Gasteiger partial charge in [-0.15, -0.1) is 0 Å². The van der Waals surface area contributed by atoms with Gasteiger partial charge >= 0.3 is 0 Å². The summed E-state index contributed by atoms with van der Waals surface area (Å²) in [6, 6.07) is 0. The summed E-state index contributed by atoms with van der Waals surface area (Å²) < 4.78 is 17.0.